The van der Waals surface area contributed by atoms with Crippen LogP contribution in [0.25, 0.3) is 0 Å². The third kappa shape index (κ3) is 6.06. The Bertz CT molecular complexity index is 425. The second kappa shape index (κ2) is 7.51. The molecule has 2 heterocycles. The quantitative estimate of drug-likeness (QED) is 0.624. The monoisotopic (exact) mass is 352 g/mol. The molecule has 2 aliphatic heterocycles. The molecule has 1 atom stereocenters. The fraction of sp³-hybridized carbons (Fsp3) is 0.933. The van der Waals surface area contributed by atoms with Crippen LogP contribution in [0.1, 0.15) is 20.3 Å². The van der Waals surface area contributed by atoms with Crippen LogP contribution in [-0.4, -0.2) is 78.8 Å². The Kier molecular flexibility index (Phi) is 6.10. The van der Waals surface area contributed by atoms with Gasteiger partial charge in [0.15, 0.2) is 5.96 Å². The van der Waals surface area contributed by atoms with Gasteiger partial charge in [-0.3, -0.25) is 9.89 Å². The SMILES string of the molecule is CN=C(NCC1CCN(CC(F)(F)F)C1)N1CCSC(C)(C)C1. The molecule has 0 spiro atoms. The molecule has 0 bridgehead atoms. The van der Waals surface area contributed by atoms with Gasteiger partial charge < -0.3 is 10.2 Å². The second-order valence-electron chi connectivity index (χ2n) is 6.96. The molecule has 1 unspecified atom stereocenters. The summed E-state index contributed by atoms with van der Waals surface area (Å²) in [6.45, 7) is 7.26. The molecular formula is C15H27F3N4S. The number of nitrogens with one attached hydrogen (secondary N) is 1. The largest absolute Gasteiger partial charge is 0.401 e. The van der Waals surface area contributed by atoms with Gasteiger partial charge in [-0.1, -0.05) is 0 Å². The minimum atomic E-state index is -4.10. The van der Waals surface area contributed by atoms with E-state index in [1.807, 2.05) is 11.8 Å². The van der Waals surface area contributed by atoms with E-state index in [4.69, 9.17) is 0 Å². The predicted molar refractivity (Wildman–Crippen MR) is 90.1 cm³/mol. The highest BCUT2D eigenvalue weighted by molar-refractivity contribution is 8.00. The van der Waals surface area contributed by atoms with Gasteiger partial charge in [-0.15, -0.1) is 0 Å². The van der Waals surface area contributed by atoms with Crippen LogP contribution in [0.4, 0.5) is 13.2 Å². The van der Waals surface area contributed by atoms with Crippen molar-refractivity contribution < 1.29 is 13.2 Å². The van der Waals surface area contributed by atoms with Crippen molar-refractivity contribution in [1.82, 2.24) is 15.1 Å². The van der Waals surface area contributed by atoms with Crippen molar-refractivity contribution in [2.24, 2.45) is 10.9 Å². The molecular weight excluding hydrogens is 325 g/mol. The first kappa shape index (κ1) is 18.7. The third-order valence-corrected chi connectivity index (χ3v) is 5.56. The van der Waals surface area contributed by atoms with Crippen molar-refractivity contribution in [3.8, 4) is 0 Å². The van der Waals surface area contributed by atoms with Crippen LogP contribution < -0.4 is 5.32 Å². The van der Waals surface area contributed by atoms with Crippen molar-refractivity contribution in [2.45, 2.75) is 31.2 Å². The van der Waals surface area contributed by atoms with Crippen molar-refractivity contribution in [3.05, 3.63) is 0 Å². The number of hydrogen-bond acceptors (Lipinski definition) is 3. The number of aliphatic imine (C=N–C) groups is 1. The Morgan fingerprint density at radius 3 is 2.70 bits per heavy atom. The van der Waals surface area contributed by atoms with Crippen LogP contribution in [0.15, 0.2) is 4.99 Å². The number of halogens is 3. The Morgan fingerprint density at radius 1 is 1.35 bits per heavy atom. The molecule has 0 amide bonds. The molecule has 0 aromatic heterocycles. The first-order chi connectivity index (χ1) is 10.7. The molecule has 0 aromatic rings. The van der Waals surface area contributed by atoms with Gasteiger partial charge >= 0.3 is 6.18 Å². The van der Waals surface area contributed by atoms with Crippen LogP contribution in [0.2, 0.25) is 0 Å². The molecule has 0 aromatic carbocycles. The van der Waals surface area contributed by atoms with E-state index in [0.717, 1.165) is 31.2 Å². The van der Waals surface area contributed by atoms with E-state index < -0.39 is 12.7 Å². The summed E-state index contributed by atoms with van der Waals surface area (Å²) in [7, 11) is 1.77. The molecule has 8 heteroatoms. The number of alkyl halides is 3. The molecule has 1 N–H and O–H groups in total. The first-order valence-corrected chi connectivity index (χ1v) is 9.06. The fourth-order valence-electron chi connectivity index (χ4n) is 3.24. The summed E-state index contributed by atoms with van der Waals surface area (Å²) in [5.41, 5.74) is 0. The van der Waals surface area contributed by atoms with E-state index >= 15 is 0 Å². The number of hydrogen-bond donors (Lipinski definition) is 1. The smallest absolute Gasteiger partial charge is 0.356 e. The van der Waals surface area contributed by atoms with Gasteiger partial charge in [0.25, 0.3) is 0 Å². The van der Waals surface area contributed by atoms with Gasteiger partial charge in [-0.25, -0.2) is 0 Å². The maximum Gasteiger partial charge on any atom is 0.401 e. The van der Waals surface area contributed by atoms with Crippen LogP contribution in [0, 0.1) is 5.92 Å². The van der Waals surface area contributed by atoms with Crippen molar-refractivity contribution in [2.75, 3.05) is 52.1 Å². The summed E-state index contributed by atoms with van der Waals surface area (Å²) >= 11 is 1.96. The lowest BCUT2D eigenvalue weighted by Crippen LogP contribution is -2.51. The molecule has 0 aliphatic carbocycles. The van der Waals surface area contributed by atoms with E-state index in [1.54, 1.807) is 7.05 Å². The van der Waals surface area contributed by atoms with E-state index in [0.29, 0.717) is 19.6 Å². The molecule has 2 rings (SSSR count). The second-order valence-corrected chi connectivity index (χ2v) is 8.76. The van der Waals surface area contributed by atoms with Crippen LogP contribution in [0.5, 0.6) is 0 Å². The number of likely N-dealkylation sites (tertiary alicyclic amines) is 1. The highest BCUT2D eigenvalue weighted by Crippen LogP contribution is 2.29. The van der Waals surface area contributed by atoms with Gasteiger partial charge in [-0.2, -0.15) is 24.9 Å². The fourth-order valence-corrected chi connectivity index (χ4v) is 4.35. The Balaban J connectivity index is 1.78. The maximum atomic E-state index is 12.4. The molecule has 0 saturated carbocycles. The average Bonchev–Trinajstić information content (AvgIpc) is 2.83. The molecule has 2 fully saturated rings. The third-order valence-electron chi connectivity index (χ3n) is 4.26. The van der Waals surface area contributed by atoms with Crippen LogP contribution in [0.3, 0.4) is 0 Å². The molecule has 2 aliphatic rings. The molecule has 2 saturated heterocycles. The highest BCUT2D eigenvalue weighted by atomic mass is 32.2. The standard InChI is InChI=1S/C15H27F3N4S/c1-14(2)10-22(6-7-23-14)13(19-3)20-8-12-4-5-21(9-12)11-15(16,17)18/h12H,4-11H2,1-3H3,(H,19,20). The number of nitrogens with zero attached hydrogens (tertiary/aromatic N) is 3. The summed E-state index contributed by atoms with van der Waals surface area (Å²) in [5.74, 6) is 2.19. The summed E-state index contributed by atoms with van der Waals surface area (Å²) in [5, 5.41) is 3.36. The van der Waals surface area contributed by atoms with Crippen LogP contribution in [-0.2, 0) is 0 Å². The van der Waals surface area contributed by atoms with Gasteiger partial charge in [-0.05, 0) is 32.7 Å². The van der Waals surface area contributed by atoms with E-state index in [1.165, 1.54) is 4.90 Å². The van der Waals surface area contributed by atoms with E-state index in [9.17, 15) is 13.2 Å². The molecule has 134 valence electrons. The first-order valence-electron chi connectivity index (χ1n) is 8.07. The zero-order chi connectivity index (χ0) is 17.1. The van der Waals surface area contributed by atoms with Gasteiger partial charge in [0.2, 0.25) is 0 Å². The lowest BCUT2D eigenvalue weighted by molar-refractivity contribution is -0.143. The Labute approximate surface area is 140 Å². The predicted octanol–water partition coefficient (Wildman–Crippen LogP) is 2.27. The zero-order valence-electron chi connectivity index (χ0n) is 14.1. The summed E-state index contributed by atoms with van der Waals surface area (Å²) in [6, 6.07) is 0. The summed E-state index contributed by atoms with van der Waals surface area (Å²) in [6.07, 6.45) is -3.29. The van der Waals surface area contributed by atoms with E-state index in [2.05, 4.69) is 29.1 Å². The highest BCUT2D eigenvalue weighted by Gasteiger charge is 2.34. The minimum Gasteiger partial charge on any atom is -0.356 e. The lowest BCUT2D eigenvalue weighted by Gasteiger charge is -2.39. The summed E-state index contributed by atoms with van der Waals surface area (Å²) < 4.78 is 37.5. The minimum absolute atomic E-state index is 0.201. The van der Waals surface area contributed by atoms with Crippen molar-refractivity contribution in [1.29, 1.82) is 0 Å². The van der Waals surface area contributed by atoms with E-state index in [-0.39, 0.29) is 10.7 Å². The average molecular weight is 352 g/mol. The zero-order valence-corrected chi connectivity index (χ0v) is 14.9. The Hall–Kier alpha value is -0.630. The number of rotatable bonds is 3. The van der Waals surface area contributed by atoms with Crippen LogP contribution >= 0.6 is 11.8 Å². The topological polar surface area (TPSA) is 30.9 Å². The normalized spacial score (nSPS) is 26.6. The van der Waals surface area contributed by atoms with Crippen molar-refractivity contribution in [3.63, 3.8) is 0 Å². The lowest BCUT2D eigenvalue weighted by atomic mass is 10.1. The molecule has 0 radical (unpaired) electrons. The van der Waals surface area contributed by atoms with Crippen molar-refractivity contribution >= 4 is 17.7 Å². The number of thioether (sulfide) groups is 1. The van der Waals surface area contributed by atoms with Gasteiger partial charge in [0, 0.05) is 43.7 Å². The Morgan fingerprint density at radius 2 is 2.09 bits per heavy atom. The molecule has 23 heavy (non-hydrogen) atoms. The maximum absolute atomic E-state index is 12.4. The number of guanidine groups is 1. The van der Waals surface area contributed by atoms with Gasteiger partial charge in [0.1, 0.15) is 0 Å². The summed E-state index contributed by atoms with van der Waals surface area (Å²) in [4.78, 5) is 8.09. The van der Waals surface area contributed by atoms with Gasteiger partial charge in [0.05, 0.1) is 6.54 Å². The molecule has 4 nitrogen and oxygen atoms in total.